The first-order valence-corrected chi connectivity index (χ1v) is 8.24. The fourth-order valence-corrected chi connectivity index (χ4v) is 3.53. The first-order chi connectivity index (χ1) is 12.1. The average molecular weight is 404 g/mol. The Morgan fingerprint density at radius 2 is 1.60 bits per heavy atom. The Morgan fingerprint density at radius 1 is 0.920 bits per heavy atom. The summed E-state index contributed by atoms with van der Waals surface area (Å²) < 4.78 is 22.4. The van der Waals surface area contributed by atoms with Crippen molar-refractivity contribution in [3.8, 4) is 17.2 Å². The topological polar surface area (TPSA) is 73.7 Å². The predicted molar refractivity (Wildman–Crippen MR) is 99.2 cm³/mol. The minimum absolute atomic E-state index is 0.397. The van der Waals surface area contributed by atoms with Gasteiger partial charge in [-0.05, 0) is 18.2 Å². The van der Waals surface area contributed by atoms with Gasteiger partial charge >= 0.3 is 5.63 Å². The van der Waals surface area contributed by atoms with Crippen LogP contribution in [0.3, 0.4) is 0 Å². The molecule has 4 aromatic rings. The number of aromatic nitrogens is 1. The number of aromatic amines is 1. The molecule has 0 aliphatic carbocycles. The number of nitrogens with one attached hydrogen (secondary N) is 1. The molecular formula is C18H14BrNO5. The summed E-state index contributed by atoms with van der Waals surface area (Å²) in [6.07, 6.45) is 0. The Kier molecular flexibility index (Phi) is 3.61. The number of H-pyrrole nitrogens is 1. The van der Waals surface area contributed by atoms with Crippen LogP contribution in [0.5, 0.6) is 17.2 Å². The maximum atomic E-state index is 12.6. The van der Waals surface area contributed by atoms with E-state index in [0.717, 1.165) is 15.4 Å². The van der Waals surface area contributed by atoms with Gasteiger partial charge < -0.3 is 23.6 Å². The fraction of sp³-hybridized carbons (Fsp3) is 0.167. The Balaban J connectivity index is 2.23. The molecule has 4 rings (SSSR count). The first-order valence-electron chi connectivity index (χ1n) is 7.45. The number of methoxy groups -OCH3 is 3. The highest BCUT2D eigenvalue weighted by Crippen LogP contribution is 2.38. The largest absolute Gasteiger partial charge is 0.493 e. The highest BCUT2D eigenvalue weighted by atomic mass is 79.9. The molecule has 0 spiro atoms. The quantitative estimate of drug-likeness (QED) is 0.518. The maximum absolute atomic E-state index is 12.6. The molecule has 2 heterocycles. The van der Waals surface area contributed by atoms with Crippen molar-refractivity contribution in [1.29, 1.82) is 0 Å². The van der Waals surface area contributed by atoms with Crippen LogP contribution in [0.1, 0.15) is 0 Å². The molecule has 0 saturated carbocycles. The zero-order valence-corrected chi connectivity index (χ0v) is 15.3. The lowest BCUT2D eigenvalue weighted by Crippen LogP contribution is -2.00. The molecule has 0 aliphatic rings. The summed E-state index contributed by atoms with van der Waals surface area (Å²) in [5, 5.41) is 1.92. The van der Waals surface area contributed by atoms with Crippen molar-refractivity contribution in [3.63, 3.8) is 0 Å². The van der Waals surface area contributed by atoms with Gasteiger partial charge in [-0.3, -0.25) is 0 Å². The van der Waals surface area contributed by atoms with Crippen molar-refractivity contribution in [2.24, 2.45) is 0 Å². The summed E-state index contributed by atoms with van der Waals surface area (Å²) in [5.41, 5.74) is 1.39. The molecule has 6 nitrogen and oxygen atoms in total. The average Bonchev–Trinajstić information content (AvgIpc) is 2.99. The lowest BCUT2D eigenvalue weighted by molar-refractivity contribution is 0.356. The van der Waals surface area contributed by atoms with Gasteiger partial charge in [-0.15, -0.1) is 0 Å². The molecule has 0 amide bonds. The smallest absolute Gasteiger partial charge is 0.346 e. The van der Waals surface area contributed by atoms with Crippen LogP contribution < -0.4 is 19.8 Å². The van der Waals surface area contributed by atoms with Crippen molar-refractivity contribution in [1.82, 2.24) is 4.98 Å². The molecule has 2 aromatic heterocycles. The van der Waals surface area contributed by atoms with Gasteiger partial charge in [0.25, 0.3) is 0 Å². The van der Waals surface area contributed by atoms with Crippen molar-refractivity contribution < 1.29 is 18.6 Å². The summed E-state index contributed by atoms with van der Waals surface area (Å²) in [6.45, 7) is 0. The van der Waals surface area contributed by atoms with Gasteiger partial charge in [-0.25, -0.2) is 4.79 Å². The van der Waals surface area contributed by atoms with Crippen LogP contribution in [0.15, 0.2) is 37.9 Å². The SMILES string of the molecule is COc1cc2[nH]c3c4cc(Br)cc(OC)c4oc(=O)c3c2cc1OC. The Bertz CT molecular complexity index is 1190. The van der Waals surface area contributed by atoms with Crippen LogP contribution in [-0.4, -0.2) is 26.3 Å². The third kappa shape index (κ3) is 2.26. The minimum atomic E-state index is -0.443. The summed E-state index contributed by atoms with van der Waals surface area (Å²) >= 11 is 3.46. The van der Waals surface area contributed by atoms with E-state index in [2.05, 4.69) is 20.9 Å². The standard InChI is InChI=1S/C18H14BrNO5/c1-22-12-6-9-11(7-13(12)23-2)20-16-10-4-8(19)5-14(24-3)17(10)25-18(21)15(9)16/h4-7,20H,1-3H3. The fourth-order valence-electron chi connectivity index (χ4n) is 3.09. The number of fused-ring (bicyclic) bond motifs is 5. The van der Waals surface area contributed by atoms with Crippen LogP contribution >= 0.6 is 15.9 Å². The van der Waals surface area contributed by atoms with E-state index in [-0.39, 0.29) is 0 Å². The van der Waals surface area contributed by atoms with Gasteiger partial charge in [0.05, 0.1) is 37.7 Å². The maximum Gasteiger partial charge on any atom is 0.346 e. The van der Waals surface area contributed by atoms with E-state index in [0.29, 0.717) is 39.1 Å². The highest BCUT2D eigenvalue weighted by molar-refractivity contribution is 9.10. The van der Waals surface area contributed by atoms with Gasteiger partial charge in [0.1, 0.15) is 0 Å². The van der Waals surface area contributed by atoms with E-state index in [1.54, 1.807) is 32.4 Å². The zero-order chi connectivity index (χ0) is 17.7. The molecule has 0 unspecified atom stereocenters. The van der Waals surface area contributed by atoms with Crippen LogP contribution in [-0.2, 0) is 0 Å². The number of benzene rings is 2. The summed E-state index contributed by atoms with van der Waals surface area (Å²) in [4.78, 5) is 15.9. The van der Waals surface area contributed by atoms with Crippen LogP contribution in [0, 0.1) is 0 Å². The molecular weight excluding hydrogens is 390 g/mol. The molecule has 0 atom stereocenters. The second-order valence-electron chi connectivity index (χ2n) is 5.50. The van der Waals surface area contributed by atoms with E-state index in [1.165, 1.54) is 7.11 Å². The molecule has 25 heavy (non-hydrogen) atoms. The summed E-state index contributed by atoms with van der Waals surface area (Å²) in [7, 11) is 4.66. The highest BCUT2D eigenvalue weighted by Gasteiger charge is 2.19. The van der Waals surface area contributed by atoms with E-state index < -0.39 is 5.63 Å². The normalized spacial score (nSPS) is 11.4. The Hall–Kier alpha value is -2.67. The van der Waals surface area contributed by atoms with E-state index in [4.69, 9.17) is 18.6 Å². The monoisotopic (exact) mass is 403 g/mol. The van der Waals surface area contributed by atoms with Gasteiger partial charge in [0, 0.05) is 21.3 Å². The van der Waals surface area contributed by atoms with E-state index in [9.17, 15) is 4.79 Å². The number of halogens is 1. The van der Waals surface area contributed by atoms with Crippen LogP contribution in [0.2, 0.25) is 0 Å². The molecule has 128 valence electrons. The molecule has 0 bridgehead atoms. The summed E-state index contributed by atoms with van der Waals surface area (Å²) in [6, 6.07) is 7.21. The van der Waals surface area contributed by atoms with E-state index >= 15 is 0 Å². The van der Waals surface area contributed by atoms with Gasteiger partial charge in [-0.1, -0.05) is 15.9 Å². The molecule has 0 fully saturated rings. The van der Waals surface area contributed by atoms with Crippen LogP contribution in [0.25, 0.3) is 32.8 Å². The predicted octanol–water partition coefficient (Wildman–Crippen LogP) is 4.22. The van der Waals surface area contributed by atoms with Gasteiger partial charge in [0.15, 0.2) is 22.8 Å². The third-order valence-corrected chi connectivity index (χ3v) is 4.67. The van der Waals surface area contributed by atoms with Gasteiger partial charge in [-0.2, -0.15) is 0 Å². The second kappa shape index (κ2) is 5.70. The lowest BCUT2D eigenvalue weighted by Gasteiger charge is -2.07. The number of rotatable bonds is 3. The minimum Gasteiger partial charge on any atom is -0.493 e. The molecule has 7 heteroatoms. The molecule has 1 N–H and O–H groups in total. The van der Waals surface area contributed by atoms with Crippen molar-refractivity contribution in [3.05, 3.63) is 39.2 Å². The van der Waals surface area contributed by atoms with E-state index in [1.807, 2.05) is 6.07 Å². The Labute approximate surface area is 150 Å². The number of hydrogen-bond donors (Lipinski definition) is 1. The van der Waals surface area contributed by atoms with Crippen molar-refractivity contribution in [2.75, 3.05) is 21.3 Å². The lowest BCUT2D eigenvalue weighted by atomic mass is 10.1. The van der Waals surface area contributed by atoms with Gasteiger partial charge in [0.2, 0.25) is 0 Å². The molecule has 0 aliphatic heterocycles. The van der Waals surface area contributed by atoms with Crippen LogP contribution in [0.4, 0.5) is 0 Å². The Morgan fingerprint density at radius 3 is 2.28 bits per heavy atom. The molecule has 2 aromatic carbocycles. The summed E-state index contributed by atoms with van der Waals surface area (Å²) in [5.74, 6) is 1.61. The molecule has 0 saturated heterocycles. The number of ether oxygens (including phenoxy) is 3. The molecule has 0 radical (unpaired) electrons. The number of hydrogen-bond acceptors (Lipinski definition) is 5. The second-order valence-corrected chi connectivity index (χ2v) is 6.42. The third-order valence-electron chi connectivity index (χ3n) is 4.21. The zero-order valence-electron chi connectivity index (χ0n) is 13.7. The van der Waals surface area contributed by atoms with Crippen molar-refractivity contribution >= 4 is 48.7 Å². The van der Waals surface area contributed by atoms with Crippen molar-refractivity contribution in [2.45, 2.75) is 0 Å². The first kappa shape index (κ1) is 15.8.